The van der Waals surface area contributed by atoms with Gasteiger partial charge in [0.15, 0.2) is 17.1 Å². The first-order valence-electron chi connectivity index (χ1n) is 8.12. The van der Waals surface area contributed by atoms with Gasteiger partial charge in [0.2, 0.25) is 5.91 Å². The van der Waals surface area contributed by atoms with Crippen molar-refractivity contribution in [3.05, 3.63) is 52.1 Å². The molecular weight excluding hydrogens is 400 g/mol. The highest BCUT2D eigenvalue weighted by atomic mass is 79.9. The Bertz CT molecular complexity index is 923. The van der Waals surface area contributed by atoms with Crippen LogP contribution in [0, 0.1) is 0 Å². The molecule has 0 saturated heterocycles. The van der Waals surface area contributed by atoms with Crippen LogP contribution >= 0.6 is 15.9 Å². The summed E-state index contributed by atoms with van der Waals surface area (Å²) in [5, 5.41) is 7.76. The van der Waals surface area contributed by atoms with Crippen LogP contribution in [0.25, 0.3) is 11.0 Å². The van der Waals surface area contributed by atoms with Crippen LogP contribution in [0.4, 0.5) is 0 Å². The summed E-state index contributed by atoms with van der Waals surface area (Å²) in [7, 11) is 3.19. The number of benzene rings is 2. The van der Waals surface area contributed by atoms with Crippen LogP contribution in [0.15, 0.2) is 45.4 Å². The average Bonchev–Trinajstić information content (AvgIpc) is 3.05. The molecule has 0 bridgehead atoms. The smallest absolute Gasteiger partial charge is 0.226 e. The van der Waals surface area contributed by atoms with Gasteiger partial charge in [-0.05, 0) is 36.2 Å². The first-order valence-corrected chi connectivity index (χ1v) is 8.92. The average molecular weight is 419 g/mol. The van der Waals surface area contributed by atoms with Crippen molar-refractivity contribution in [3.8, 4) is 11.5 Å². The predicted octanol–water partition coefficient (Wildman–Crippen LogP) is 3.51. The van der Waals surface area contributed by atoms with E-state index in [1.54, 1.807) is 14.2 Å². The van der Waals surface area contributed by atoms with Gasteiger partial charge in [0.1, 0.15) is 5.69 Å². The van der Waals surface area contributed by atoms with E-state index >= 15 is 0 Å². The third-order valence-electron chi connectivity index (χ3n) is 4.05. The van der Waals surface area contributed by atoms with Crippen LogP contribution in [0.1, 0.15) is 11.3 Å². The van der Waals surface area contributed by atoms with Crippen molar-refractivity contribution >= 4 is 32.8 Å². The first kappa shape index (κ1) is 18.3. The van der Waals surface area contributed by atoms with E-state index in [0.717, 1.165) is 15.4 Å². The Morgan fingerprint density at radius 3 is 2.69 bits per heavy atom. The van der Waals surface area contributed by atoms with Crippen LogP contribution in [-0.4, -0.2) is 31.8 Å². The maximum atomic E-state index is 12.2. The van der Waals surface area contributed by atoms with E-state index in [2.05, 4.69) is 26.4 Å². The molecule has 0 saturated carbocycles. The first-order chi connectivity index (χ1) is 12.6. The molecule has 1 N–H and O–H groups in total. The number of hydrogen-bond acceptors (Lipinski definition) is 5. The van der Waals surface area contributed by atoms with E-state index in [0.29, 0.717) is 35.7 Å². The second-order valence-corrected chi connectivity index (χ2v) is 6.56. The Morgan fingerprint density at radius 2 is 1.92 bits per heavy atom. The van der Waals surface area contributed by atoms with Gasteiger partial charge in [0, 0.05) is 16.4 Å². The minimum atomic E-state index is -0.0966. The fraction of sp³-hybridized carbons (Fsp3) is 0.263. The molecule has 3 rings (SSSR count). The molecule has 1 aromatic heterocycles. The Hall–Kier alpha value is -2.54. The maximum Gasteiger partial charge on any atom is 0.226 e. The number of hydrogen-bond donors (Lipinski definition) is 1. The van der Waals surface area contributed by atoms with Gasteiger partial charge in [0.25, 0.3) is 0 Å². The molecule has 26 heavy (non-hydrogen) atoms. The number of rotatable bonds is 7. The second-order valence-electron chi connectivity index (χ2n) is 5.70. The van der Waals surface area contributed by atoms with Gasteiger partial charge >= 0.3 is 0 Å². The highest BCUT2D eigenvalue weighted by Gasteiger charge is 2.13. The normalized spacial score (nSPS) is 10.7. The number of aromatic nitrogens is 1. The van der Waals surface area contributed by atoms with Crippen molar-refractivity contribution in [2.75, 3.05) is 20.8 Å². The molecule has 1 amide bonds. The lowest BCUT2D eigenvalue weighted by Gasteiger charge is -2.12. The van der Waals surface area contributed by atoms with Gasteiger partial charge in [-0.1, -0.05) is 33.2 Å². The third-order valence-corrected chi connectivity index (χ3v) is 4.79. The zero-order valence-electron chi connectivity index (χ0n) is 14.5. The quantitative estimate of drug-likeness (QED) is 0.635. The summed E-state index contributed by atoms with van der Waals surface area (Å²) >= 11 is 3.52. The molecule has 0 radical (unpaired) electrons. The highest BCUT2D eigenvalue weighted by Crippen LogP contribution is 2.33. The lowest BCUT2D eigenvalue weighted by molar-refractivity contribution is -0.120. The van der Waals surface area contributed by atoms with Crippen LogP contribution < -0.4 is 14.8 Å². The molecule has 0 aliphatic heterocycles. The molecule has 0 aliphatic rings. The van der Waals surface area contributed by atoms with Crippen LogP contribution in [0.3, 0.4) is 0 Å². The van der Waals surface area contributed by atoms with Crippen LogP contribution in [0.2, 0.25) is 0 Å². The van der Waals surface area contributed by atoms with Crippen LogP contribution in [0.5, 0.6) is 11.5 Å². The Balaban J connectivity index is 1.59. The molecule has 0 spiro atoms. The number of para-hydroxylation sites is 1. The third kappa shape index (κ3) is 3.99. The Labute approximate surface area is 159 Å². The summed E-state index contributed by atoms with van der Waals surface area (Å²) < 4.78 is 16.7. The SMILES string of the molecule is COc1cc(Br)c(CCNC(=O)Cc2noc3ccccc23)cc1OC. The van der Waals surface area contributed by atoms with Crippen molar-refractivity contribution in [1.82, 2.24) is 10.5 Å². The number of nitrogens with one attached hydrogen (secondary N) is 1. The summed E-state index contributed by atoms with van der Waals surface area (Å²) in [4.78, 5) is 12.2. The van der Waals surface area contributed by atoms with Gasteiger partial charge in [0.05, 0.1) is 20.6 Å². The number of halogens is 1. The molecule has 2 aromatic carbocycles. The van der Waals surface area contributed by atoms with E-state index in [4.69, 9.17) is 14.0 Å². The fourth-order valence-corrected chi connectivity index (χ4v) is 3.23. The lowest BCUT2D eigenvalue weighted by atomic mass is 10.1. The number of ether oxygens (including phenoxy) is 2. The molecule has 0 fully saturated rings. The van der Waals surface area contributed by atoms with E-state index in [-0.39, 0.29) is 12.3 Å². The standard InChI is InChI=1S/C19H19BrN2O4/c1-24-17-9-12(14(20)10-18(17)25-2)7-8-21-19(23)11-15-13-5-3-4-6-16(13)26-22-15/h3-6,9-10H,7-8,11H2,1-2H3,(H,21,23). The van der Waals surface area contributed by atoms with Crippen molar-refractivity contribution in [2.45, 2.75) is 12.8 Å². The number of nitrogens with zero attached hydrogens (tertiary/aromatic N) is 1. The summed E-state index contributed by atoms with van der Waals surface area (Å²) in [6.07, 6.45) is 0.844. The molecule has 7 heteroatoms. The monoisotopic (exact) mass is 418 g/mol. The van der Waals surface area contributed by atoms with Crippen molar-refractivity contribution in [1.29, 1.82) is 0 Å². The van der Waals surface area contributed by atoms with E-state index in [1.165, 1.54) is 0 Å². The summed E-state index contributed by atoms with van der Waals surface area (Å²) in [5.41, 5.74) is 2.35. The van der Waals surface area contributed by atoms with E-state index < -0.39 is 0 Å². The summed E-state index contributed by atoms with van der Waals surface area (Å²) in [6.45, 7) is 0.503. The second kappa shape index (κ2) is 8.23. The summed E-state index contributed by atoms with van der Waals surface area (Å²) in [5.74, 6) is 1.22. The molecule has 0 aliphatic carbocycles. The number of carbonyl (C=O) groups excluding carboxylic acids is 1. The molecule has 0 atom stereocenters. The number of carbonyl (C=O) groups is 1. The lowest BCUT2D eigenvalue weighted by Crippen LogP contribution is -2.27. The topological polar surface area (TPSA) is 73.6 Å². The largest absolute Gasteiger partial charge is 0.493 e. The number of fused-ring (bicyclic) bond motifs is 1. The summed E-state index contributed by atoms with van der Waals surface area (Å²) in [6, 6.07) is 11.3. The minimum absolute atomic E-state index is 0.0966. The van der Waals surface area contributed by atoms with Gasteiger partial charge in [-0.2, -0.15) is 0 Å². The molecule has 6 nitrogen and oxygen atoms in total. The minimum Gasteiger partial charge on any atom is -0.493 e. The zero-order chi connectivity index (χ0) is 18.5. The van der Waals surface area contributed by atoms with Gasteiger partial charge in [-0.3, -0.25) is 4.79 Å². The Morgan fingerprint density at radius 1 is 1.19 bits per heavy atom. The Kier molecular flexibility index (Phi) is 5.78. The molecule has 136 valence electrons. The van der Waals surface area contributed by atoms with E-state index in [9.17, 15) is 4.79 Å². The van der Waals surface area contributed by atoms with Gasteiger partial charge in [-0.15, -0.1) is 0 Å². The fourth-order valence-electron chi connectivity index (χ4n) is 2.70. The van der Waals surface area contributed by atoms with E-state index in [1.807, 2.05) is 36.4 Å². The maximum absolute atomic E-state index is 12.2. The zero-order valence-corrected chi connectivity index (χ0v) is 16.1. The molecule has 3 aromatic rings. The van der Waals surface area contributed by atoms with Gasteiger partial charge < -0.3 is 19.3 Å². The highest BCUT2D eigenvalue weighted by molar-refractivity contribution is 9.10. The van der Waals surface area contributed by atoms with Crippen LogP contribution in [-0.2, 0) is 17.6 Å². The van der Waals surface area contributed by atoms with Crippen molar-refractivity contribution in [2.24, 2.45) is 0 Å². The molecule has 0 unspecified atom stereocenters. The van der Waals surface area contributed by atoms with Crippen molar-refractivity contribution in [3.63, 3.8) is 0 Å². The van der Waals surface area contributed by atoms with Gasteiger partial charge in [-0.25, -0.2) is 0 Å². The predicted molar refractivity (Wildman–Crippen MR) is 102 cm³/mol. The number of amides is 1. The van der Waals surface area contributed by atoms with Crippen molar-refractivity contribution < 1.29 is 18.8 Å². The molecule has 1 heterocycles. The molecular formula is C19H19BrN2O4. The number of methoxy groups -OCH3 is 2.